The van der Waals surface area contributed by atoms with Crippen LogP contribution in [0.2, 0.25) is 0 Å². The van der Waals surface area contributed by atoms with E-state index in [0.717, 1.165) is 22.4 Å². The number of ether oxygens (including phenoxy) is 1. The number of aromatic nitrogens is 2. The molecule has 2 aromatic rings. The van der Waals surface area contributed by atoms with E-state index < -0.39 is 11.3 Å². The quantitative estimate of drug-likeness (QED) is 0.871. The van der Waals surface area contributed by atoms with E-state index in [2.05, 4.69) is 4.98 Å². The van der Waals surface area contributed by atoms with Crippen molar-refractivity contribution in [2.24, 2.45) is 5.73 Å². The van der Waals surface area contributed by atoms with E-state index in [-0.39, 0.29) is 5.56 Å². The third kappa shape index (κ3) is 3.94. The van der Waals surface area contributed by atoms with Crippen LogP contribution in [-0.2, 0) is 6.54 Å². The highest BCUT2D eigenvalue weighted by Gasteiger charge is 2.21. The van der Waals surface area contributed by atoms with E-state index >= 15 is 0 Å². The zero-order chi connectivity index (χ0) is 18.1. The van der Waals surface area contributed by atoms with Crippen molar-refractivity contribution < 1.29 is 4.74 Å². The number of benzene rings is 1. The number of aryl methyl sites for hydroxylation is 3. The van der Waals surface area contributed by atoms with Gasteiger partial charge in [0, 0.05) is 23.9 Å². The van der Waals surface area contributed by atoms with Crippen molar-refractivity contribution in [2.45, 2.75) is 46.8 Å². The molecule has 1 aromatic heterocycles. The van der Waals surface area contributed by atoms with Crippen LogP contribution >= 0.6 is 0 Å². The summed E-state index contributed by atoms with van der Waals surface area (Å²) >= 11 is 0. The molecule has 130 valence electrons. The molecule has 0 fully saturated rings. The highest BCUT2D eigenvalue weighted by molar-refractivity contribution is 5.44. The molecule has 0 bridgehead atoms. The maximum atomic E-state index is 12.1. The molecule has 0 unspecified atom stereocenters. The molecule has 0 amide bonds. The molecular weight excluding hydrogens is 306 g/mol. The molecule has 6 heteroatoms. The molecule has 0 aliphatic heterocycles. The summed E-state index contributed by atoms with van der Waals surface area (Å²) in [4.78, 5) is 25.9. The van der Waals surface area contributed by atoms with Gasteiger partial charge in [0.15, 0.2) is 0 Å². The predicted molar refractivity (Wildman–Crippen MR) is 94.8 cm³/mol. The number of hydrogen-bond acceptors (Lipinski definition) is 4. The van der Waals surface area contributed by atoms with Gasteiger partial charge < -0.3 is 10.5 Å². The standard InChI is InChI=1S/C18H25N3O3/c1-11-6-12(2)15(24-18(4,5)10-19)14(7-11)9-21-8-13(3)16(22)20-17(21)23/h6-8H,9-10,19H2,1-5H3,(H,20,22,23). The lowest BCUT2D eigenvalue weighted by Gasteiger charge is -2.28. The Morgan fingerprint density at radius 2 is 1.83 bits per heavy atom. The SMILES string of the molecule is Cc1cc(C)c(OC(C)(C)CN)c(Cn2cc(C)c(=O)[nH]c2=O)c1. The van der Waals surface area contributed by atoms with Crippen molar-refractivity contribution in [3.8, 4) is 5.75 Å². The Morgan fingerprint density at radius 3 is 2.46 bits per heavy atom. The Hall–Kier alpha value is -2.34. The summed E-state index contributed by atoms with van der Waals surface area (Å²) in [6.45, 7) is 10.2. The van der Waals surface area contributed by atoms with Gasteiger partial charge in [-0.1, -0.05) is 17.7 Å². The maximum absolute atomic E-state index is 12.1. The summed E-state index contributed by atoms with van der Waals surface area (Å²) < 4.78 is 7.60. The minimum atomic E-state index is -0.513. The van der Waals surface area contributed by atoms with Gasteiger partial charge in [0.2, 0.25) is 0 Å². The first-order valence-corrected chi connectivity index (χ1v) is 7.92. The number of hydrogen-bond donors (Lipinski definition) is 2. The number of rotatable bonds is 5. The lowest BCUT2D eigenvalue weighted by Crippen LogP contribution is -2.38. The van der Waals surface area contributed by atoms with Gasteiger partial charge in [0.25, 0.3) is 5.56 Å². The topological polar surface area (TPSA) is 90.1 Å². The Labute approximate surface area is 141 Å². The van der Waals surface area contributed by atoms with Gasteiger partial charge >= 0.3 is 5.69 Å². The fraction of sp³-hybridized carbons (Fsp3) is 0.444. The number of nitrogens with one attached hydrogen (secondary N) is 1. The van der Waals surface area contributed by atoms with E-state index in [1.54, 1.807) is 13.1 Å². The van der Waals surface area contributed by atoms with Crippen molar-refractivity contribution in [1.82, 2.24) is 9.55 Å². The molecule has 2 rings (SSSR count). The zero-order valence-electron chi connectivity index (χ0n) is 14.9. The van der Waals surface area contributed by atoms with Crippen LogP contribution in [0.4, 0.5) is 0 Å². The first-order valence-electron chi connectivity index (χ1n) is 7.92. The monoisotopic (exact) mass is 331 g/mol. The fourth-order valence-corrected chi connectivity index (χ4v) is 2.54. The van der Waals surface area contributed by atoms with E-state index in [0.29, 0.717) is 18.7 Å². The van der Waals surface area contributed by atoms with Gasteiger partial charge in [0.05, 0.1) is 6.54 Å². The molecule has 0 atom stereocenters. The van der Waals surface area contributed by atoms with Crippen LogP contribution in [0, 0.1) is 20.8 Å². The number of H-pyrrole nitrogens is 1. The van der Waals surface area contributed by atoms with Crippen molar-refractivity contribution >= 4 is 0 Å². The molecular formula is C18H25N3O3. The van der Waals surface area contributed by atoms with Gasteiger partial charge in [0.1, 0.15) is 11.4 Å². The minimum Gasteiger partial charge on any atom is -0.486 e. The summed E-state index contributed by atoms with van der Waals surface area (Å²) in [5, 5.41) is 0. The molecule has 3 N–H and O–H groups in total. The van der Waals surface area contributed by atoms with E-state index in [9.17, 15) is 9.59 Å². The Morgan fingerprint density at radius 1 is 1.17 bits per heavy atom. The highest BCUT2D eigenvalue weighted by Crippen LogP contribution is 2.29. The third-order valence-corrected chi connectivity index (χ3v) is 3.90. The van der Waals surface area contributed by atoms with Gasteiger partial charge in [-0.2, -0.15) is 0 Å². The molecule has 0 spiro atoms. The fourth-order valence-electron chi connectivity index (χ4n) is 2.54. The predicted octanol–water partition coefficient (Wildman–Crippen LogP) is 1.63. The van der Waals surface area contributed by atoms with Crippen LogP contribution in [0.3, 0.4) is 0 Å². The lowest BCUT2D eigenvalue weighted by molar-refractivity contribution is 0.116. The summed E-state index contributed by atoms with van der Waals surface area (Å²) in [6, 6.07) is 4.02. The Bertz CT molecular complexity index is 863. The minimum absolute atomic E-state index is 0.314. The van der Waals surface area contributed by atoms with Crippen LogP contribution in [0.1, 0.15) is 36.1 Å². The average Bonchev–Trinajstić information content (AvgIpc) is 2.48. The molecule has 24 heavy (non-hydrogen) atoms. The molecule has 0 aliphatic rings. The second kappa shape index (κ2) is 6.65. The smallest absolute Gasteiger partial charge is 0.328 e. The first-order chi connectivity index (χ1) is 11.1. The van der Waals surface area contributed by atoms with E-state index in [1.165, 1.54) is 4.57 Å². The Balaban J connectivity index is 2.52. The molecule has 0 saturated carbocycles. The highest BCUT2D eigenvalue weighted by atomic mass is 16.5. The van der Waals surface area contributed by atoms with Crippen LogP contribution in [-0.4, -0.2) is 21.7 Å². The Kier molecular flexibility index (Phi) is 4.99. The summed E-state index contributed by atoms with van der Waals surface area (Å²) in [6.07, 6.45) is 1.57. The number of aromatic amines is 1. The van der Waals surface area contributed by atoms with E-state index in [4.69, 9.17) is 10.5 Å². The van der Waals surface area contributed by atoms with Crippen molar-refractivity contribution in [3.63, 3.8) is 0 Å². The lowest BCUT2D eigenvalue weighted by atomic mass is 10.0. The summed E-state index contributed by atoms with van der Waals surface area (Å²) in [5.41, 5.74) is 7.90. The first kappa shape index (κ1) is 18.0. The second-order valence-electron chi connectivity index (χ2n) is 6.84. The maximum Gasteiger partial charge on any atom is 0.328 e. The third-order valence-electron chi connectivity index (χ3n) is 3.90. The number of nitrogens with zero attached hydrogens (tertiary/aromatic N) is 1. The molecule has 0 saturated heterocycles. The van der Waals surface area contributed by atoms with Gasteiger partial charge in [-0.15, -0.1) is 0 Å². The molecule has 1 aromatic carbocycles. The molecule has 0 aliphatic carbocycles. The average molecular weight is 331 g/mol. The normalized spacial score (nSPS) is 11.6. The van der Waals surface area contributed by atoms with E-state index in [1.807, 2.05) is 39.8 Å². The molecule has 1 heterocycles. The van der Waals surface area contributed by atoms with Crippen LogP contribution in [0.15, 0.2) is 27.9 Å². The second-order valence-corrected chi connectivity index (χ2v) is 6.84. The van der Waals surface area contributed by atoms with Crippen LogP contribution in [0.25, 0.3) is 0 Å². The zero-order valence-corrected chi connectivity index (χ0v) is 14.9. The summed E-state index contributed by atoms with van der Waals surface area (Å²) in [7, 11) is 0. The van der Waals surface area contributed by atoms with Crippen molar-refractivity contribution in [2.75, 3.05) is 6.54 Å². The van der Waals surface area contributed by atoms with Crippen molar-refractivity contribution in [3.05, 3.63) is 61.4 Å². The van der Waals surface area contributed by atoms with Gasteiger partial charge in [-0.3, -0.25) is 14.3 Å². The number of nitrogens with two attached hydrogens (primary N) is 1. The largest absolute Gasteiger partial charge is 0.486 e. The van der Waals surface area contributed by atoms with Gasteiger partial charge in [-0.05, 0) is 40.2 Å². The summed E-state index contributed by atoms with van der Waals surface area (Å²) in [5.74, 6) is 0.729. The van der Waals surface area contributed by atoms with Crippen LogP contribution in [0.5, 0.6) is 5.75 Å². The van der Waals surface area contributed by atoms with Crippen LogP contribution < -0.4 is 21.7 Å². The van der Waals surface area contributed by atoms with Gasteiger partial charge in [-0.25, -0.2) is 4.79 Å². The molecule has 0 radical (unpaired) electrons. The molecule has 6 nitrogen and oxygen atoms in total. The van der Waals surface area contributed by atoms with Crippen molar-refractivity contribution in [1.29, 1.82) is 0 Å².